The highest BCUT2D eigenvalue weighted by molar-refractivity contribution is 5.83. The molecule has 0 radical (unpaired) electrons. The van der Waals surface area contributed by atoms with Crippen molar-refractivity contribution in [3.63, 3.8) is 0 Å². The molecule has 0 atom stereocenters. The maximum Gasteiger partial charge on any atom is 0.243 e. The van der Waals surface area contributed by atoms with Crippen molar-refractivity contribution in [2.45, 2.75) is 26.4 Å². The number of benzene rings is 2. The lowest BCUT2D eigenvalue weighted by Gasteiger charge is -2.21. The molecule has 0 aliphatic rings. The highest BCUT2D eigenvalue weighted by atomic mass is 16.5. The van der Waals surface area contributed by atoms with Gasteiger partial charge in [0, 0.05) is 12.6 Å². The van der Waals surface area contributed by atoms with E-state index in [1.54, 1.807) is 11.8 Å². The van der Waals surface area contributed by atoms with E-state index < -0.39 is 5.60 Å². The number of fused-ring (bicyclic) bond motifs is 1. The molecule has 6 nitrogen and oxygen atoms in total. The SMILES string of the molecule is Cn1nc(-c2ccccc2)c(-c2nc3ccccc3nc2OC(C)(C)C)n1. The molecule has 0 fully saturated rings. The van der Waals surface area contributed by atoms with Crippen LogP contribution in [0.2, 0.25) is 0 Å². The van der Waals surface area contributed by atoms with Gasteiger partial charge in [-0.2, -0.15) is 15.0 Å². The van der Waals surface area contributed by atoms with Crippen molar-refractivity contribution in [3.05, 3.63) is 54.6 Å². The van der Waals surface area contributed by atoms with Crippen molar-refractivity contribution in [1.82, 2.24) is 25.0 Å². The van der Waals surface area contributed by atoms with Gasteiger partial charge in [0.2, 0.25) is 5.88 Å². The summed E-state index contributed by atoms with van der Waals surface area (Å²) in [6, 6.07) is 17.7. The number of hydrogen-bond acceptors (Lipinski definition) is 5. The molecule has 0 saturated heterocycles. The highest BCUT2D eigenvalue weighted by Gasteiger charge is 2.24. The second-order valence-corrected chi connectivity index (χ2v) is 7.33. The Morgan fingerprint density at radius 2 is 1.33 bits per heavy atom. The molecule has 0 saturated carbocycles. The summed E-state index contributed by atoms with van der Waals surface area (Å²) in [5.74, 6) is 0.457. The van der Waals surface area contributed by atoms with Crippen molar-refractivity contribution in [1.29, 1.82) is 0 Å². The molecule has 0 aliphatic heterocycles. The van der Waals surface area contributed by atoms with Gasteiger partial charge < -0.3 is 4.74 Å². The Morgan fingerprint density at radius 1 is 0.741 bits per heavy atom. The third-order valence-corrected chi connectivity index (χ3v) is 3.93. The first-order valence-electron chi connectivity index (χ1n) is 8.84. The molecule has 4 aromatic rings. The molecule has 2 aromatic carbocycles. The van der Waals surface area contributed by atoms with Crippen LogP contribution in [0.1, 0.15) is 20.8 Å². The van der Waals surface area contributed by atoms with Crippen LogP contribution in [0.5, 0.6) is 5.88 Å². The molecule has 6 heteroatoms. The fourth-order valence-corrected chi connectivity index (χ4v) is 2.86. The predicted octanol–water partition coefficient (Wildman–Crippen LogP) is 4.27. The Labute approximate surface area is 157 Å². The van der Waals surface area contributed by atoms with Crippen molar-refractivity contribution in [3.8, 4) is 28.5 Å². The lowest BCUT2D eigenvalue weighted by atomic mass is 10.1. The average molecular weight is 359 g/mol. The van der Waals surface area contributed by atoms with Gasteiger partial charge in [0.25, 0.3) is 0 Å². The number of hydrogen-bond donors (Lipinski definition) is 0. The fraction of sp³-hybridized carbons (Fsp3) is 0.238. The van der Waals surface area contributed by atoms with E-state index in [0.717, 1.165) is 22.3 Å². The van der Waals surface area contributed by atoms with E-state index in [1.165, 1.54) is 0 Å². The van der Waals surface area contributed by atoms with Gasteiger partial charge in [-0.05, 0) is 32.9 Å². The Morgan fingerprint density at radius 3 is 2.00 bits per heavy atom. The molecule has 0 unspecified atom stereocenters. The Kier molecular flexibility index (Phi) is 4.11. The minimum atomic E-state index is -0.416. The number of nitrogens with zero attached hydrogens (tertiary/aromatic N) is 5. The van der Waals surface area contributed by atoms with E-state index in [4.69, 9.17) is 14.7 Å². The number of rotatable bonds is 3. The first-order chi connectivity index (χ1) is 12.9. The molecular weight excluding hydrogens is 338 g/mol. The fourth-order valence-electron chi connectivity index (χ4n) is 2.86. The highest BCUT2D eigenvalue weighted by Crippen LogP contribution is 2.35. The lowest BCUT2D eigenvalue weighted by Crippen LogP contribution is -2.24. The van der Waals surface area contributed by atoms with Crippen LogP contribution in [0.3, 0.4) is 0 Å². The van der Waals surface area contributed by atoms with Gasteiger partial charge in [-0.3, -0.25) is 0 Å². The number of para-hydroxylation sites is 2. The van der Waals surface area contributed by atoms with Gasteiger partial charge in [0.1, 0.15) is 17.0 Å². The summed E-state index contributed by atoms with van der Waals surface area (Å²) < 4.78 is 6.14. The van der Waals surface area contributed by atoms with Crippen molar-refractivity contribution in [2.24, 2.45) is 7.05 Å². The van der Waals surface area contributed by atoms with Gasteiger partial charge in [-0.15, -0.1) is 0 Å². The summed E-state index contributed by atoms with van der Waals surface area (Å²) in [5, 5.41) is 9.13. The van der Waals surface area contributed by atoms with Crippen LogP contribution >= 0.6 is 0 Å². The molecule has 0 bridgehead atoms. The summed E-state index contributed by atoms with van der Waals surface area (Å²) in [6.45, 7) is 5.97. The topological polar surface area (TPSA) is 65.7 Å². The predicted molar refractivity (Wildman–Crippen MR) is 105 cm³/mol. The lowest BCUT2D eigenvalue weighted by molar-refractivity contribution is 0.125. The zero-order valence-electron chi connectivity index (χ0n) is 15.8. The number of aryl methyl sites for hydroxylation is 1. The van der Waals surface area contributed by atoms with Crippen LogP contribution in [0.4, 0.5) is 0 Å². The molecular formula is C21H21N5O. The van der Waals surface area contributed by atoms with Gasteiger partial charge in [-0.1, -0.05) is 42.5 Å². The molecule has 0 spiro atoms. The smallest absolute Gasteiger partial charge is 0.243 e. The summed E-state index contributed by atoms with van der Waals surface area (Å²) in [5.41, 5.74) is 4.13. The molecule has 4 rings (SSSR count). The number of aromatic nitrogens is 5. The van der Waals surface area contributed by atoms with Gasteiger partial charge in [0.05, 0.1) is 11.0 Å². The molecule has 27 heavy (non-hydrogen) atoms. The maximum atomic E-state index is 6.14. The van der Waals surface area contributed by atoms with Crippen molar-refractivity contribution < 1.29 is 4.74 Å². The largest absolute Gasteiger partial charge is 0.470 e. The Balaban J connectivity index is 1.97. The van der Waals surface area contributed by atoms with Crippen LogP contribution < -0.4 is 4.74 Å². The van der Waals surface area contributed by atoms with Gasteiger partial charge >= 0.3 is 0 Å². The summed E-state index contributed by atoms with van der Waals surface area (Å²) in [4.78, 5) is 11.1. The average Bonchev–Trinajstić information content (AvgIpc) is 3.02. The minimum Gasteiger partial charge on any atom is -0.470 e. The molecule has 0 N–H and O–H groups in total. The third-order valence-electron chi connectivity index (χ3n) is 3.93. The van der Waals surface area contributed by atoms with Gasteiger partial charge in [-0.25, -0.2) is 9.97 Å². The zero-order valence-corrected chi connectivity index (χ0v) is 15.8. The monoisotopic (exact) mass is 359 g/mol. The molecule has 0 aliphatic carbocycles. The van der Waals surface area contributed by atoms with Crippen molar-refractivity contribution in [2.75, 3.05) is 0 Å². The van der Waals surface area contributed by atoms with E-state index >= 15 is 0 Å². The number of ether oxygens (including phenoxy) is 1. The van der Waals surface area contributed by atoms with E-state index in [9.17, 15) is 0 Å². The van der Waals surface area contributed by atoms with E-state index in [-0.39, 0.29) is 0 Å². The first-order valence-corrected chi connectivity index (χ1v) is 8.84. The molecule has 0 amide bonds. The maximum absolute atomic E-state index is 6.14. The zero-order chi connectivity index (χ0) is 19.0. The van der Waals surface area contributed by atoms with Gasteiger partial charge in [0.15, 0.2) is 5.69 Å². The van der Waals surface area contributed by atoms with E-state index in [1.807, 2.05) is 75.4 Å². The molecule has 2 aromatic heterocycles. The van der Waals surface area contributed by atoms with Crippen LogP contribution in [-0.4, -0.2) is 30.6 Å². The van der Waals surface area contributed by atoms with E-state index in [2.05, 4.69) is 10.2 Å². The second kappa shape index (κ2) is 6.46. The Hall–Kier alpha value is -3.28. The quantitative estimate of drug-likeness (QED) is 0.546. The van der Waals surface area contributed by atoms with Crippen molar-refractivity contribution >= 4 is 11.0 Å². The first kappa shape index (κ1) is 17.1. The summed E-state index contributed by atoms with van der Waals surface area (Å²) in [7, 11) is 1.80. The minimum absolute atomic E-state index is 0.416. The summed E-state index contributed by atoms with van der Waals surface area (Å²) in [6.07, 6.45) is 0. The molecule has 2 heterocycles. The van der Waals surface area contributed by atoms with Crippen LogP contribution in [0.25, 0.3) is 33.7 Å². The third kappa shape index (κ3) is 3.51. The van der Waals surface area contributed by atoms with Crippen LogP contribution in [-0.2, 0) is 7.05 Å². The van der Waals surface area contributed by atoms with E-state index in [0.29, 0.717) is 17.3 Å². The Bertz CT molecular complexity index is 1100. The second-order valence-electron chi connectivity index (χ2n) is 7.33. The van der Waals surface area contributed by atoms with Crippen LogP contribution in [0.15, 0.2) is 54.6 Å². The summed E-state index contributed by atoms with van der Waals surface area (Å²) >= 11 is 0. The molecule has 136 valence electrons. The normalized spacial score (nSPS) is 11.7. The van der Waals surface area contributed by atoms with Crippen LogP contribution in [0, 0.1) is 0 Å². The standard InChI is InChI=1S/C21H21N5O/c1-21(2,3)27-20-19(22-15-12-8-9-13-16(15)23-20)18-17(24-26(4)25-18)14-10-6-5-7-11-14/h5-13H,1-4H3.